The zero-order valence-electron chi connectivity index (χ0n) is 11.3. The summed E-state index contributed by atoms with van der Waals surface area (Å²) in [6.07, 6.45) is 1.56. The second-order valence-electron chi connectivity index (χ2n) is 4.49. The van der Waals surface area contributed by atoms with Crippen LogP contribution in [0.3, 0.4) is 0 Å². The summed E-state index contributed by atoms with van der Waals surface area (Å²) in [5.74, 6) is -2.34. The summed E-state index contributed by atoms with van der Waals surface area (Å²) in [5, 5.41) is 11.2. The van der Waals surface area contributed by atoms with Crippen LogP contribution in [0.4, 0.5) is 10.1 Å². The van der Waals surface area contributed by atoms with Crippen LogP contribution < -0.4 is 5.32 Å². The minimum atomic E-state index is -1.19. The Hall–Kier alpha value is -2.76. The van der Waals surface area contributed by atoms with Crippen molar-refractivity contribution in [2.45, 2.75) is 13.3 Å². The van der Waals surface area contributed by atoms with E-state index in [0.717, 1.165) is 23.8 Å². The van der Waals surface area contributed by atoms with E-state index in [2.05, 4.69) is 10.3 Å². The summed E-state index contributed by atoms with van der Waals surface area (Å²) in [6, 6.07) is 6.80. The maximum atomic E-state index is 13.6. The second-order valence-corrected chi connectivity index (χ2v) is 4.49. The van der Waals surface area contributed by atoms with E-state index in [1.54, 1.807) is 12.3 Å². The average molecular weight is 288 g/mol. The smallest absolute Gasteiger partial charge is 0.335 e. The first-order valence-corrected chi connectivity index (χ1v) is 6.20. The van der Waals surface area contributed by atoms with Crippen LogP contribution in [-0.4, -0.2) is 22.0 Å². The third-order valence-corrected chi connectivity index (χ3v) is 2.93. The fourth-order valence-corrected chi connectivity index (χ4v) is 1.80. The van der Waals surface area contributed by atoms with Gasteiger partial charge in [-0.1, -0.05) is 6.07 Å². The number of benzene rings is 1. The molecule has 0 saturated carbocycles. The highest BCUT2D eigenvalue weighted by atomic mass is 19.1. The molecule has 108 valence electrons. The molecule has 1 heterocycles. The van der Waals surface area contributed by atoms with E-state index >= 15 is 0 Å². The molecule has 2 rings (SSSR count). The first-order valence-electron chi connectivity index (χ1n) is 6.20. The largest absolute Gasteiger partial charge is 0.478 e. The van der Waals surface area contributed by atoms with Crippen molar-refractivity contribution in [3.63, 3.8) is 0 Å². The molecule has 0 aliphatic heterocycles. The van der Waals surface area contributed by atoms with Crippen LogP contribution in [0.25, 0.3) is 0 Å². The summed E-state index contributed by atoms with van der Waals surface area (Å²) in [5.41, 5.74) is 1.19. The summed E-state index contributed by atoms with van der Waals surface area (Å²) in [7, 11) is 0. The topological polar surface area (TPSA) is 79.3 Å². The number of hydrogen-bond acceptors (Lipinski definition) is 3. The Labute approximate surface area is 120 Å². The van der Waals surface area contributed by atoms with Gasteiger partial charge in [-0.25, -0.2) is 9.18 Å². The molecule has 0 aliphatic carbocycles. The fourth-order valence-electron chi connectivity index (χ4n) is 1.80. The van der Waals surface area contributed by atoms with Crippen LogP contribution in [0.1, 0.15) is 21.6 Å². The molecule has 0 atom stereocenters. The number of amides is 1. The third-order valence-electron chi connectivity index (χ3n) is 2.93. The third kappa shape index (κ3) is 3.62. The van der Waals surface area contributed by atoms with E-state index < -0.39 is 17.7 Å². The molecule has 1 amide bonds. The molecule has 0 aliphatic rings. The number of carbonyl (C=O) groups excluding carboxylic acids is 1. The van der Waals surface area contributed by atoms with Gasteiger partial charge in [-0.15, -0.1) is 0 Å². The van der Waals surface area contributed by atoms with Gasteiger partial charge < -0.3 is 10.4 Å². The maximum absolute atomic E-state index is 13.6. The van der Waals surface area contributed by atoms with Gasteiger partial charge in [0.1, 0.15) is 5.82 Å². The van der Waals surface area contributed by atoms with E-state index in [-0.39, 0.29) is 17.7 Å². The number of carbonyl (C=O) groups is 2. The van der Waals surface area contributed by atoms with Crippen molar-refractivity contribution in [3.05, 3.63) is 59.2 Å². The maximum Gasteiger partial charge on any atom is 0.335 e. The van der Waals surface area contributed by atoms with Crippen molar-refractivity contribution >= 4 is 17.6 Å². The monoisotopic (exact) mass is 288 g/mol. The van der Waals surface area contributed by atoms with E-state index in [1.165, 1.54) is 0 Å². The summed E-state index contributed by atoms with van der Waals surface area (Å²) >= 11 is 0. The number of nitrogens with zero attached hydrogens (tertiary/aromatic N) is 1. The molecule has 0 bridgehead atoms. The predicted octanol–water partition coefficient (Wildman–Crippen LogP) is 2.41. The lowest BCUT2D eigenvalue weighted by atomic mass is 10.1. The minimum absolute atomic E-state index is 0.0105. The molecule has 6 heteroatoms. The van der Waals surface area contributed by atoms with Gasteiger partial charge in [0.2, 0.25) is 5.91 Å². The van der Waals surface area contributed by atoms with E-state index in [4.69, 9.17) is 5.11 Å². The van der Waals surface area contributed by atoms with Crippen molar-refractivity contribution in [1.29, 1.82) is 0 Å². The van der Waals surface area contributed by atoms with Gasteiger partial charge in [-0.05, 0) is 36.8 Å². The zero-order valence-corrected chi connectivity index (χ0v) is 11.3. The van der Waals surface area contributed by atoms with Gasteiger partial charge in [0, 0.05) is 6.20 Å². The average Bonchev–Trinajstić information content (AvgIpc) is 2.43. The summed E-state index contributed by atoms with van der Waals surface area (Å²) in [4.78, 5) is 26.8. The number of anilines is 1. The molecule has 0 fully saturated rings. The molecule has 0 unspecified atom stereocenters. The van der Waals surface area contributed by atoms with Crippen molar-refractivity contribution < 1.29 is 19.1 Å². The molecule has 1 aromatic carbocycles. The Morgan fingerprint density at radius 3 is 2.76 bits per heavy atom. The number of aromatic nitrogens is 1. The second kappa shape index (κ2) is 6.13. The number of carboxylic acids is 1. The number of aryl methyl sites for hydroxylation is 1. The SMILES string of the molecule is Cc1cccnc1CC(=O)Nc1cc(C(=O)O)ccc1F. The Balaban J connectivity index is 2.15. The first-order chi connectivity index (χ1) is 9.97. The highest BCUT2D eigenvalue weighted by molar-refractivity contribution is 5.94. The molecule has 2 N–H and O–H groups in total. The number of rotatable bonds is 4. The zero-order chi connectivity index (χ0) is 15.4. The molecule has 5 nitrogen and oxygen atoms in total. The van der Waals surface area contributed by atoms with Gasteiger partial charge in [-0.3, -0.25) is 9.78 Å². The van der Waals surface area contributed by atoms with Crippen LogP contribution in [0, 0.1) is 12.7 Å². The van der Waals surface area contributed by atoms with Crippen LogP contribution in [0.15, 0.2) is 36.5 Å². The quantitative estimate of drug-likeness (QED) is 0.905. The molecule has 2 aromatic rings. The molecule has 1 aromatic heterocycles. The molecule has 21 heavy (non-hydrogen) atoms. The van der Waals surface area contributed by atoms with Crippen molar-refractivity contribution in [2.75, 3.05) is 5.32 Å². The summed E-state index contributed by atoms with van der Waals surface area (Å²) < 4.78 is 13.6. The highest BCUT2D eigenvalue weighted by Crippen LogP contribution is 2.17. The number of nitrogens with one attached hydrogen (secondary N) is 1. The number of hydrogen-bond donors (Lipinski definition) is 2. The standard InChI is InChI=1S/C15H13FN2O3/c1-9-3-2-6-17-12(9)8-14(19)18-13-7-10(15(20)21)4-5-11(13)16/h2-7H,8H2,1H3,(H,18,19)(H,20,21). The highest BCUT2D eigenvalue weighted by Gasteiger charge is 2.12. The lowest BCUT2D eigenvalue weighted by Crippen LogP contribution is -2.17. The van der Waals surface area contributed by atoms with Crippen LogP contribution >= 0.6 is 0 Å². The van der Waals surface area contributed by atoms with E-state index in [0.29, 0.717) is 5.69 Å². The first kappa shape index (κ1) is 14.6. The predicted molar refractivity (Wildman–Crippen MR) is 74.7 cm³/mol. The van der Waals surface area contributed by atoms with Crippen molar-refractivity contribution in [3.8, 4) is 0 Å². The van der Waals surface area contributed by atoms with E-state index in [9.17, 15) is 14.0 Å². The Kier molecular flexibility index (Phi) is 4.27. The number of aromatic carboxylic acids is 1. The van der Waals surface area contributed by atoms with Gasteiger partial charge in [0.05, 0.1) is 23.4 Å². The van der Waals surface area contributed by atoms with Gasteiger partial charge in [0.25, 0.3) is 0 Å². The molecular formula is C15H13FN2O3. The fraction of sp³-hybridized carbons (Fsp3) is 0.133. The lowest BCUT2D eigenvalue weighted by Gasteiger charge is -2.08. The van der Waals surface area contributed by atoms with Crippen LogP contribution in [0.2, 0.25) is 0 Å². The number of halogens is 1. The van der Waals surface area contributed by atoms with Gasteiger partial charge in [-0.2, -0.15) is 0 Å². The molecule has 0 radical (unpaired) electrons. The lowest BCUT2D eigenvalue weighted by molar-refractivity contribution is -0.115. The minimum Gasteiger partial charge on any atom is -0.478 e. The number of pyridine rings is 1. The van der Waals surface area contributed by atoms with Gasteiger partial charge in [0.15, 0.2) is 0 Å². The normalized spacial score (nSPS) is 10.2. The van der Waals surface area contributed by atoms with Crippen LogP contribution in [0.5, 0.6) is 0 Å². The van der Waals surface area contributed by atoms with Crippen LogP contribution in [-0.2, 0) is 11.2 Å². The van der Waals surface area contributed by atoms with E-state index in [1.807, 2.05) is 13.0 Å². The van der Waals surface area contributed by atoms with Gasteiger partial charge >= 0.3 is 5.97 Å². The Morgan fingerprint density at radius 1 is 1.33 bits per heavy atom. The molecule has 0 saturated heterocycles. The van der Waals surface area contributed by atoms with Crippen molar-refractivity contribution in [2.24, 2.45) is 0 Å². The Morgan fingerprint density at radius 2 is 2.10 bits per heavy atom. The molecule has 0 spiro atoms. The summed E-state index contributed by atoms with van der Waals surface area (Å²) in [6.45, 7) is 1.82. The number of carboxylic acid groups (broad SMARTS) is 1. The Bertz CT molecular complexity index is 701. The van der Waals surface area contributed by atoms with Crippen molar-refractivity contribution in [1.82, 2.24) is 4.98 Å². The molecular weight excluding hydrogens is 275 g/mol.